The van der Waals surface area contributed by atoms with Crippen LogP contribution in [0.1, 0.15) is 88.5 Å². The summed E-state index contributed by atoms with van der Waals surface area (Å²) in [7, 11) is 3.01. The fourth-order valence-corrected chi connectivity index (χ4v) is 11.7. The SMILES string of the molecule is CCCC(=O)Oc1cc2c(cc1OC)[C@@]1(CS[C@@H]3c4c(OC(C)=O)c(C)c5c(c4[C@H](COC1=O)N1C3[C@H]3N[C@@H](Cc4cc(C)c(OC)c(O)c43)[C@@H]1O)OCO5)NCC2. The van der Waals surface area contributed by atoms with Gasteiger partial charge in [-0.1, -0.05) is 13.0 Å². The van der Waals surface area contributed by atoms with Gasteiger partial charge in [-0.05, 0) is 67.5 Å². The molecule has 7 aliphatic rings. The number of esters is 3. The Labute approximate surface area is 339 Å². The zero-order chi connectivity index (χ0) is 40.8. The van der Waals surface area contributed by atoms with Crippen LogP contribution in [0, 0.1) is 13.8 Å². The minimum Gasteiger partial charge on any atom is -0.504 e. The summed E-state index contributed by atoms with van der Waals surface area (Å²) in [6.07, 6.45) is 0.747. The minimum absolute atomic E-state index is 0.0124. The van der Waals surface area contributed by atoms with Crippen molar-refractivity contribution in [2.45, 2.75) is 94.6 Å². The predicted molar refractivity (Wildman–Crippen MR) is 209 cm³/mol. The number of hydrogen-bond acceptors (Lipinski definition) is 16. The average molecular weight is 818 g/mol. The molecule has 15 nitrogen and oxygen atoms in total. The fourth-order valence-electron chi connectivity index (χ4n) is 10.0. The van der Waals surface area contributed by atoms with Crippen molar-refractivity contribution in [3.05, 3.63) is 62.7 Å². The lowest BCUT2D eigenvalue weighted by atomic mass is 9.74. The third kappa shape index (κ3) is 5.74. The van der Waals surface area contributed by atoms with E-state index in [-0.39, 0.29) is 43.0 Å². The monoisotopic (exact) mass is 817 g/mol. The van der Waals surface area contributed by atoms with Crippen molar-refractivity contribution in [1.29, 1.82) is 0 Å². The van der Waals surface area contributed by atoms with Crippen LogP contribution >= 0.6 is 11.8 Å². The summed E-state index contributed by atoms with van der Waals surface area (Å²) in [5.41, 5.74) is 4.17. The smallest absolute Gasteiger partial charge is 0.331 e. The van der Waals surface area contributed by atoms with Crippen molar-refractivity contribution >= 4 is 29.7 Å². The maximum Gasteiger partial charge on any atom is 0.331 e. The highest BCUT2D eigenvalue weighted by Gasteiger charge is 2.60. The first-order valence-corrected chi connectivity index (χ1v) is 20.7. The number of fused-ring (bicyclic) bond motifs is 9. The molecule has 58 heavy (non-hydrogen) atoms. The first-order valence-electron chi connectivity index (χ1n) is 19.6. The largest absolute Gasteiger partial charge is 0.504 e. The molecule has 2 fully saturated rings. The van der Waals surface area contributed by atoms with Crippen LogP contribution in [0.25, 0.3) is 0 Å². The lowest BCUT2D eigenvalue weighted by Crippen LogP contribution is -2.69. The molecule has 7 atom stereocenters. The standard InChI is InChI=1S/C42H47N3O12S/c1-7-8-28(47)57-27-13-21-9-10-43-42(23(21)14-26(27)51-5)16-58-39-31-30(38-37(54-17-55-38)19(3)36(31)56-20(4)46)25(15-53-41(42)50)45-33(39)32-29-22(12-24(44-32)40(45)49)11-18(2)35(52-6)34(29)48/h11,13-14,24-25,32-33,39-40,43-44,48-49H,7-10,12,15-17H2,1-6H3/t24-,25-,32-,33?,39+,40-,42+/m0/s1. The number of nitrogens with one attached hydrogen (secondary N) is 2. The van der Waals surface area contributed by atoms with E-state index < -0.39 is 53.1 Å². The number of rotatable bonds is 6. The van der Waals surface area contributed by atoms with Crippen LogP contribution in [-0.2, 0) is 37.5 Å². The van der Waals surface area contributed by atoms with Gasteiger partial charge in [0.1, 0.15) is 18.6 Å². The first-order chi connectivity index (χ1) is 27.9. The van der Waals surface area contributed by atoms with Crippen LogP contribution in [0.15, 0.2) is 18.2 Å². The van der Waals surface area contributed by atoms with Gasteiger partial charge in [-0.25, -0.2) is 4.79 Å². The van der Waals surface area contributed by atoms with Crippen molar-refractivity contribution in [1.82, 2.24) is 15.5 Å². The summed E-state index contributed by atoms with van der Waals surface area (Å²) in [4.78, 5) is 42.4. The molecule has 4 bridgehead atoms. The van der Waals surface area contributed by atoms with E-state index >= 15 is 0 Å². The zero-order valence-electron chi connectivity index (χ0n) is 33.2. The Balaban J connectivity index is 1.26. The molecule has 1 spiro atoms. The second-order valence-electron chi connectivity index (χ2n) is 15.7. The number of carbonyl (C=O) groups is 3. The second-order valence-corrected chi connectivity index (χ2v) is 16.8. The molecule has 308 valence electrons. The van der Waals surface area contributed by atoms with Crippen LogP contribution in [0.5, 0.6) is 40.2 Å². The van der Waals surface area contributed by atoms with E-state index in [2.05, 4.69) is 10.6 Å². The molecule has 7 heterocycles. The number of benzene rings is 3. The van der Waals surface area contributed by atoms with Crippen LogP contribution in [0.4, 0.5) is 0 Å². The quantitative estimate of drug-likeness (QED) is 0.206. The Bertz CT molecular complexity index is 2250. The number of phenols is 1. The van der Waals surface area contributed by atoms with Gasteiger partial charge in [0.15, 0.2) is 40.0 Å². The molecule has 0 saturated carbocycles. The normalized spacial score (nSPS) is 27.7. The third-order valence-electron chi connectivity index (χ3n) is 12.4. The van der Waals surface area contributed by atoms with Crippen molar-refractivity contribution in [3.63, 3.8) is 0 Å². The fraction of sp³-hybridized carbons (Fsp3) is 0.500. The number of aromatic hydroxyl groups is 1. The molecule has 16 heteroatoms. The zero-order valence-corrected chi connectivity index (χ0v) is 34.0. The van der Waals surface area contributed by atoms with Gasteiger partial charge in [0.2, 0.25) is 6.79 Å². The minimum atomic E-state index is -1.40. The number of phenolic OH excluding ortho intramolecular Hbond substituents is 1. The topological polar surface area (TPSA) is 184 Å². The molecule has 0 aliphatic carbocycles. The lowest BCUT2D eigenvalue weighted by molar-refractivity contribution is -0.164. The van der Waals surface area contributed by atoms with Crippen LogP contribution in [0.3, 0.4) is 0 Å². The number of hydrogen-bond donors (Lipinski definition) is 4. The van der Waals surface area contributed by atoms with E-state index in [9.17, 15) is 24.6 Å². The van der Waals surface area contributed by atoms with Crippen LogP contribution < -0.4 is 39.1 Å². The number of aryl methyl sites for hydroxylation is 1. The number of methoxy groups -OCH3 is 2. The summed E-state index contributed by atoms with van der Waals surface area (Å²) in [5, 5.41) is 31.0. The molecule has 7 aliphatic heterocycles. The van der Waals surface area contributed by atoms with E-state index in [1.807, 2.05) is 31.7 Å². The predicted octanol–water partition coefficient (Wildman–Crippen LogP) is 4.07. The molecule has 0 aromatic heterocycles. The maximum absolute atomic E-state index is 14.9. The van der Waals surface area contributed by atoms with E-state index in [4.69, 9.17) is 33.2 Å². The summed E-state index contributed by atoms with van der Waals surface area (Å²) in [6, 6.07) is 3.09. The van der Waals surface area contributed by atoms with E-state index in [1.54, 1.807) is 12.1 Å². The van der Waals surface area contributed by atoms with Crippen molar-refractivity contribution < 1.29 is 57.8 Å². The Morgan fingerprint density at radius 3 is 2.53 bits per heavy atom. The number of nitrogens with zero attached hydrogens (tertiary/aromatic N) is 1. The number of thioether (sulfide) groups is 1. The second kappa shape index (κ2) is 14.5. The molecule has 0 amide bonds. The van der Waals surface area contributed by atoms with Gasteiger partial charge in [-0.15, -0.1) is 11.8 Å². The number of carbonyl (C=O) groups excluding carboxylic acids is 3. The van der Waals surface area contributed by atoms with E-state index in [0.29, 0.717) is 82.4 Å². The number of aliphatic hydroxyl groups excluding tert-OH is 1. The Hall–Kier alpha value is -4.74. The number of ether oxygens (including phenoxy) is 7. The van der Waals surface area contributed by atoms with Gasteiger partial charge < -0.3 is 48.7 Å². The van der Waals surface area contributed by atoms with E-state index in [0.717, 1.165) is 16.7 Å². The molecule has 10 rings (SSSR count). The summed E-state index contributed by atoms with van der Waals surface area (Å²) in [6.45, 7) is 7.06. The highest BCUT2D eigenvalue weighted by atomic mass is 32.2. The highest BCUT2D eigenvalue weighted by Crippen LogP contribution is 2.63. The van der Waals surface area contributed by atoms with Gasteiger partial charge in [0.25, 0.3) is 0 Å². The average Bonchev–Trinajstić information content (AvgIpc) is 3.69. The van der Waals surface area contributed by atoms with Crippen molar-refractivity contribution in [2.75, 3.05) is 39.9 Å². The maximum atomic E-state index is 14.9. The summed E-state index contributed by atoms with van der Waals surface area (Å²) in [5.74, 6) is 0.783. The lowest BCUT2D eigenvalue weighted by Gasteiger charge is -2.59. The molecule has 3 aromatic rings. The Morgan fingerprint density at radius 2 is 1.79 bits per heavy atom. The Morgan fingerprint density at radius 1 is 1.00 bits per heavy atom. The van der Waals surface area contributed by atoms with Crippen molar-refractivity contribution in [2.24, 2.45) is 0 Å². The molecule has 4 N–H and O–H groups in total. The van der Waals surface area contributed by atoms with E-state index in [1.165, 1.54) is 32.9 Å². The van der Waals surface area contributed by atoms with Gasteiger partial charge >= 0.3 is 17.9 Å². The summed E-state index contributed by atoms with van der Waals surface area (Å²) < 4.78 is 41.9. The number of aliphatic hydroxyl groups is 1. The molecule has 3 aromatic carbocycles. The first kappa shape index (κ1) is 38.8. The number of piperazine rings is 1. The molecular weight excluding hydrogens is 771 g/mol. The molecule has 2 saturated heterocycles. The molecule has 0 radical (unpaired) electrons. The van der Waals surface area contributed by atoms with Crippen molar-refractivity contribution in [3.8, 4) is 40.2 Å². The third-order valence-corrected chi connectivity index (χ3v) is 13.9. The highest BCUT2D eigenvalue weighted by molar-refractivity contribution is 7.99. The van der Waals surface area contributed by atoms with Gasteiger partial charge in [-0.3, -0.25) is 19.8 Å². The van der Waals surface area contributed by atoms with Gasteiger partial charge in [-0.2, -0.15) is 0 Å². The van der Waals surface area contributed by atoms with Crippen LogP contribution in [0.2, 0.25) is 0 Å². The summed E-state index contributed by atoms with van der Waals surface area (Å²) >= 11 is 1.45. The van der Waals surface area contributed by atoms with Gasteiger partial charge in [0, 0.05) is 53.9 Å². The Kier molecular flexibility index (Phi) is 9.70. The van der Waals surface area contributed by atoms with Gasteiger partial charge in [0.05, 0.1) is 37.6 Å². The molecule has 1 unspecified atom stereocenters. The molecular formula is C42H47N3O12S. The van der Waals surface area contributed by atoms with Crippen LogP contribution in [-0.4, -0.2) is 91.2 Å².